The molecule has 2 aromatic carbocycles. The standard InChI is InChI=1S/C16H16INO2/c1-18-16(11-2-5-13(17)6-3-11)12-4-7-14-15(10-12)20-9-8-19-14/h2-7,10,16,18H,8-9H2,1H3. The molecule has 1 atom stereocenters. The highest BCUT2D eigenvalue weighted by molar-refractivity contribution is 14.1. The van der Waals surface area contributed by atoms with Crippen LogP contribution in [0.15, 0.2) is 42.5 Å². The second-order valence-corrected chi connectivity index (χ2v) is 5.92. The smallest absolute Gasteiger partial charge is 0.161 e. The van der Waals surface area contributed by atoms with Crippen LogP contribution < -0.4 is 14.8 Å². The normalized spacial score (nSPS) is 14.9. The van der Waals surface area contributed by atoms with Gasteiger partial charge in [-0.15, -0.1) is 0 Å². The molecule has 0 aliphatic carbocycles. The molecular weight excluding hydrogens is 365 g/mol. The highest BCUT2D eigenvalue weighted by atomic mass is 127. The minimum Gasteiger partial charge on any atom is -0.486 e. The zero-order valence-corrected chi connectivity index (χ0v) is 13.4. The monoisotopic (exact) mass is 381 g/mol. The van der Waals surface area contributed by atoms with E-state index in [0.29, 0.717) is 13.2 Å². The molecule has 2 aromatic rings. The van der Waals surface area contributed by atoms with Gasteiger partial charge in [-0.3, -0.25) is 0 Å². The van der Waals surface area contributed by atoms with Crippen molar-refractivity contribution in [1.29, 1.82) is 0 Å². The molecule has 0 spiro atoms. The Morgan fingerprint density at radius 1 is 0.950 bits per heavy atom. The number of rotatable bonds is 3. The summed E-state index contributed by atoms with van der Waals surface area (Å²) in [5.74, 6) is 1.66. The zero-order valence-electron chi connectivity index (χ0n) is 11.2. The van der Waals surface area contributed by atoms with Gasteiger partial charge in [0.05, 0.1) is 6.04 Å². The van der Waals surface area contributed by atoms with Crippen molar-refractivity contribution in [3.8, 4) is 11.5 Å². The first-order valence-corrected chi connectivity index (χ1v) is 7.68. The third-order valence-corrected chi connectivity index (χ3v) is 4.11. The SMILES string of the molecule is CNC(c1ccc(I)cc1)c1ccc2c(c1)OCCO2. The number of hydrogen-bond donors (Lipinski definition) is 1. The molecule has 0 bridgehead atoms. The molecule has 0 fully saturated rings. The van der Waals surface area contributed by atoms with Gasteiger partial charge in [0, 0.05) is 3.57 Å². The molecule has 1 N–H and O–H groups in total. The highest BCUT2D eigenvalue weighted by Gasteiger charge is 2.17. The first-order valence-electron chi connectivity index (χ1n) is 6.60. The zero-order chi connectivity index (χ0) is 13.9. The largest absolute Gasteiger partial charge is 0.486 e. The summed E-state index contributed by atoms with van der Waals surface area (Å²) < 4.78 is 12.5. The van der Waals surface area contributed by atoms with Gasteiger partial charge < -0.3 is 14.8 Å². The minimum absolute atomic E-state index is 0.155. The second-order valence-electron chi connectivity index (χ2n) is 4.68. The molecule has 3 nitrogen and oxygen atoms in total. The fraction of sp³-hybridized carbons (Fsp3) is 0.250. The Morgan fingerprint density at radius 3 is 2.30 bits per heavy atom. The van der Waals surface area contributed by atoms with Crippen molar-refractivity contribution in [2.45, 2.75) is 6.04 Å². The lowest BCUT2D eigenvalue weighted by Gasteiger charge is -2.22. The molecule has 0 radical (unpaired) electrons. The summed E-state index contributed by atoms with van der Waals surface area (Å²) in [6, 6.07) is 14.8. The fourth-order valence-corrected chi connectivity index (χ4v) is 2.78. The highest BCUT2D eigenvalue weighted by Crippen LogP contribution is 2.34. The Hall–Kier alpha value is -1.27. The lowest BCUT2D eigenvalue weighted by molar-refractivity contribution is 0.171. The maximum absolute atomic E-state index is 5.66. The van der Waals surface area contributed by atoms with E-state index in [9.17, 15) is 0 Å². The molecule has 1 aliphatic rings. The van der Waals surface area contributed by atoms with E-state index >= 15 is 0 Å². The van der Waals surface area contributed by atoms with Crippen LogP contribution in [-0.4, -0.2) is 20.3 Å². The van der Waals surface area contributed by atoms with Crippen molar-refractivity contribution >= 4 is 22.6 Å². The predicted octanol–water partition coefficient (Wildman–Crippen LogP) is 3.37. The van der Waals surface area contributed by atoms with Gasteiger partial charge in [0.15, 0.2) is 11.5 Å². The molecule has 0 aromatic heterocycles. The molecule has 4 heteroatoms. The maximum atomic E-state index is 5.66. The average molecular weight is 381 g/mol. The molecule has 104 valence electrons. The summed E-state index contributed by atoms with van der Waals surface area (Å²) >= 11 is 2.32. The van der Waals surface area contributed by atoms with Crippen molar-refractivity contribution < 1.29 is 9.47 Å². The maximum Gasteiger partial charge on any atom is 0.161 e. The Bertz CT molecular complexity index is 598. The van der Waals surface area contributed by atoms with E-state index in [2.05, 4.69) is 64.3 Å². The fourth-order valence-electron chi connectivity index (χ4n) is 2.42. The van der Waals surface area contributed by atoms with Crippen LogP contribution in [0.4, 0.5) is 0 Å². The number of hydrogen-bond acceptors (Lipinski definition) is 3. The van der Waals surface area contributed by atoms with Gasteiger partial charge in [-0.1, -0.05) is 18.2 Å². The Morgan fingerprint density at radius 2 is 1.60 bits per heavy atom. The lowest BCUT2D eigenvalue weighted by atomic mass is 9.98. The van der Waals surface area contributed by atoms with Gasteiger partial charge in [-0.05, 0) is 65.0 Å². The summed E-state index contributed by atoms with van der Waals surface area (Å²) in [5, 5.41) is 3.36. The van der Waals surface area contributed by atoms with Gasteiger partial charge in [-0.2, -0.15) is 0 Å². The molecule has 0 saturated carbocycles. The summed E-state index contributed by atoms with van der Waals surface area (Å²) in [5.41, 5.74) is 2.42. The summed E-state index contributed by atoms with van der Waals surface area (Å²) in [6.07, 6.45) is 0. The number of ether oxygens (including phenoxy) is 2. The van der Waals surface area contributed by atoms with Crippen LogP contribution >= 0.6 is 22.6 Å². The molecule has 1 aliphatic heterocycles. The van der Waals surface area contributed by atoms with Crippen LogP contribution in [0.2, 0.25) is 0 Å². The minimum atomic E-state index is 0.155. The van der Waals surface area contributed by atoms with E-state index < -0.39 is 0 Å². The van der Waals surface area contributed by atoms with E-state index in [0.717, 1.165) is 11.5 Å². The van der Waals surface area contributed by atoms with Gasteiger partial charge in [0.25, 0.3) is 0 Å². The van der Waals surface area contributed by atoms with Crippen molar-refractivity contribution in [2.24, 2.45) is 0 Å². The quantitative estimate of drug-likeness (QED) is 0.828. The third-order valence-electron chi connectivity index (χ3n) is 3.39. The molecule has 0 saturated heterocycles. The molecule has 1 unspecified atom stereocenters. The lowest BCUT2D eigenvalue weighted by Crippen LogP contribution is -2.19. The van der Waals surface area contributed by atoms with E-state index in [1.54, 1.807) is 0 Å². The molecular formula is C16H16INO2. The second kappa shape index (κ2) is 6.01. The molecule has 0 amide bonds. The predicted molar refractivity (Wildman–Crippen MR) is 87.5 cm³/mol. The first-order chi connectivity index (χ1) is 9.78. The van der Waals surface area contributed by atoms with Gasteiger partial charge in [-0.25, -0.2) is 0 Å². The van der Waals surface area contributed by atoms with E-state index in [1.165, 1.54) is 14.7 Å². The van der Waals surface area contributed by atoms with Crippen molar-refractivity contribution in [3.63, 3.8) is 0 Å². The van der Waals surface area contributed by atoms with Crippen molar-refractivity contribution in [1.82, 2.24) is 5.32 Å². The van der Waals surface area contributed by atoms with Gasteiger partial charge >= 0.3 is 0 Å². The van der Waals surface area contributed by atoms with Crippen LogP contribution in [0.3, 0.4) is 0 Å². The summed E-state index contributed by atoms with van der Waals surface area (Å²) in [4.78, 5) is 0. The van der Waals surface area contributed by atoms with Crippen LogP contribution in [-0.2, 0) is 0 Å². The number of halogens is 1. The summed E-state index contributed by atoms with van der Waals surface area (Å²) in [6.45, 7) is 1.24. The van der Waals surface area contributed by atoms with Crippen molar-refractivity contribution in [2.75, 3.05) is 20.3 Å². The third kappa shape index (κ3) is 2.76. The molecule has 3 rings (SSSR count). The van der Waals surface area contributed by atoms with Crippen LogP contribution in [0.5, 0.6) is 11.5 Å². The van der Waals surface area contributed by atoms with E-state index in [1.807, 2.05) is 13.1 Å². The summed E-state index contributed by atoms with van der Waals surface area (Å²) in [7, 11) is 1.97. The molecule has 1 heterocycles. The Balaban J connectivity index is 1.94. The topological polar surface area (TPSA) is 30.5 Å². The van der Waals surface area contributed by atoms with Crippen LogP contribution in [0, 0.1) is 3.57 Å². The van der Waals surface area contributed by atoms with Crippen LogP contribution in [0.1, 0.15) is 17.2 Å². The van der Waals surface area contributed by atoms with E-state index in [4.69, 9.17) is 9.47 Å². The van der Waals surface area contributed by atoms with Gasteiger partial charge in [0.2, 0.25) is 0 Å². The average Bonchev–Trinajstić information content (AvgIpc) is 2.50. The number of nitrogens with one attached hydrogen (secondary N) is 1. The Kier molecular flexibility index (Phi) is 4.12. The van der Waals surface area contributed by atoms with Crippen molar-refractivity contribution in [3.05, 3.63) is 57.2 Å². The first kappa shape index (κ1) is 13.7. The number of fused-ring (bicyclic) bond motifs is 1. The van der Waals surface area contributed by atoms with Gasteiger partial charge in [0.1, 0.15) is 13.2 Å². The number of benzene rings is 2. The molecule has 20 heavy (non-hydrogen) atoms. The Labute approximate surface area is 132 Å². The van der Waals surface area contributed by atoms with Crippen LogP contribution in [0.25, 0.3) is 0 Å². The van der Waals surface area contributed by atoms with E-state index in [-0.39, 0.29) is 6.04 Å².